The number of pyridine rings is 1. The zero-order valence-corrected chi connectivity index (χ0v) is 15.0. The zero-order valence-electron chi connectivity index (χ0n) is 14.1. The van der Waals surface area contributed by atoms with Gasteiger partial charge in [0.1, 0.15) is 0 Å². The van der Waals surface area contributed by atoms with Crippen LogP contribution in [0, 0.1) is 33.8 Å². The number of hydrogen-bond donors (Lipinski definition) is 1. The van der Waals surface area contributed by atoms with E-state index in [9.17, 15) is 8.42 Å². The van der Waals surface area contributed by atoms with Crippen LogP contribution in [0.1, 0.15) is 22.3 Å². The number of sulfonamides is 1. The first kappa shape index (κ1) is 16.5. The third-order valence-electron chi connectivity index (χ3n) is 4.38. The molecule has 2 aromatic carbocycles. The number of nitrogens with one attached hydrogen (secondary N) is 1. The van der Waals surface area contributed by atoms with Gasteiger partial charge in [-0.15, -0.1) is 0 Å². The Morgan fingerprint density at radius 2 is 1.71 bits per heavy atom. The average molecular weight is 339 g/mol. The summed E-state index contributed by atoms with van der Waals surface area (Å²) < 4.78 is 28.8. The van der Waals surface area contributed by atoms with Gasteiger partial charge < -0.3 is 0 Å². The Morgan fingerprint density at radius 1 is 1.04 bits per heavy atom. The molecule has 0 aliphatic heterocycles. The topological polar surface area (TPSA) is 59.1 Å². The van der Waals surface area contributed by atoms with E-state index in [0.29, 0.717) is 16.1 Å². The van der Waals surface area contributed by atoms with Gasteiger partial charge in [-0.1, -0.05) is 6.07 Å². The monoisotopic (exact) mass is 339 g/mol. The van der Waals surface area contributed by atoms with Gasteiger partial charge in [-0.3, -0.25) is 9.71 Å². The highest BCUT2D eigenvalue weighted by Gasteiger charge is 2.22. The van der Waals surface area contributed by atoms with Crippen LogP contribution in [0.2, 0.25) is 0 Å². The second kappa shape index (κ2) is 5.91. The zero-order chi connectivity index (χ0) is 17.5. The lowest BCUT2D eigenvalue weighted by Crippen LogP contribution is -2.17. The Kier molecular flexibility index (Phi) is 4.05. The fourth-order valence-corrected chi connectivity index (χ4v) is 4.60. The highest BCUT2D eigenvalue weighted by Crippen LogP contribution is 2.29. The van der Waals surface area contributed by atoms with Crippen molar-refractivity contribution in [3.05, 3.63) is 64.8 Å². The van der Waals surface area contributed by atoms with Crippen LogP contribution in [0.25, 0.3) is 10.9 Å². The summed E-state index contributed by atoms with van der Waals surface area (Å²) in [5.74, 6) is 0. The average Bonchev–Trinajstić information content (AvgIpc) is 2.53. The van der Waals surface area contributed by atoms with Gasteiger partial charge in [0.05, 0.1) is 16.1 Å². The summed E-state index contributed by atoms with van der Waals surface area (Å²) in [7, 11) is -3.70. The summed E-state index contributed by atoms with van der Waals surface area (Å²) in [6, 6.07) is 12.0. The third-order valence-corrected chi connectivity index (χ3v) is 6.02. The molecule has 1 heterocycles. The molecule has 123 valence electrons. The van der Waals surface area contributed by atoms with Gasteiger partial charge in [0.25, 0.3) is 10.0 Å². The Hall–Kier alpha value is -2.40. The van der Waals surface area contributed by atoms with Crippen molar-refractivity contribution in [1.29, 1.82) is 0 Å². The summed E-state index contributed by atoms with van der Waals surface area (Å²) >= 11 is 0. The molecule has 3 rings (SSSR count). The van der Waals surface area contributed by atoms with Gasteiger partial charge >= 0.3 is 0 Å². The minimum absolute atomic E-state index is 0.352. The standard InChI is InChI=1S/C19H19N2O2S/c1-12-11-13(2)15(4)19(14(12)3)24(22,23)21-18-9-5-8-17-16(18)7-6-10-20-17/h5-7,9-11,21H,1-4H3. The van der Waals surface area contributed by atoms with E-state index in [4.69, 9.17) is 0 Å². The third kappa shape index (κ3) is 2.76. The summed E-state index contributed by atoms with van der Waals surface area (Å²) in [5.41, 5.74) is 4.62. The number of benzene rings is 2. The lowest BCUT2D eigenvalue weighted by molar-refractivity contribution is 0.599. The van der Waals surface area contributed by atoms with Crippen LogP contribution in [0.15, 0.2) is 41.4 Å². The number of nitrogens with zero attached hydrogens (tertiary/aromatic N) is 1. The minimum atomic E-state index is -3.70. The van der Waals surface area contributed by atoms with Crippen LogP contribution in [0.4, 0.5) is 5.69 Å². The summed E-state index contributed by atoms with van der Waals surface area (Å²) in [6.07, 6.45) is 1.66. The fraction of sp³-hybridized carbons (Fsp3) is 0.211. The molecule has 1 radical (unpaired) electrons. The molecule has 0 fully saturated rings. The van der Waals surface area contributed by atoms with E-state index in [0.717, 1.165) is 27.6 Å². The Bertz CT molecular complexity index is 1010. The molecule has 0 amide bonds. The molecule has 0 unspecified atom stereocenters. The van der Waals surface area contributed by atoms with Crippen LogP contribution in [-0.2, 0) is 10.0 Å². The van der Waals surface area contributed by atoms with Crippen LogP contribution in [0.3, 0.4) is 0 Å². The maximum absolute atomic E-state index is 13.0. The molecule has 0 spiro atoms. The summed E-state index contributed by atoms with van der Waals surface area (Å²) in [5, 5.41) is 0.725. The van der Waals surface area contributed by atoms with Crippen molar-refractivity contribution < 1.29 is 8.42 Å². The Labute approximate surface area is 142 Å². The van der Waals surface area contributed by atoms with Crippen LogP contribution in [-0.4, -0.2) is 13.4 Å². The summed E-state index contributed by atoms with van der Waals surface area (Å²) in [4.78, 5) is 4.57. The first-order chi connectivity index (χ1) is 11.3. The number of rotatable bonds is 3. The van der Waals surface area contributed by atoms with Crippen molar-refractivity contribution in [2.45, 2.75) is 32.6 Å². The molecule has 1 N–H and O–H groups in total. The molecular weight excluding hydrogens is 320 g/mol. The molecule has 0 atom stereocenters. The number of fused-ring (bicyclic) bond motifs is 1. The molecule has 0 saturated heterocycles. The highest BCUT2D eigenvalue weighted by atomic mass is 32.2. The Balaban J connectivity index is 2.16. The molecule has 0 aliphatic rings. The number of anilines is 1. The highest BCUT2D eigenvalue weighted by molar-refractivity contribution is 7.92. The normalized spacial score (nSPS) is 11.7. The van der Waals surface area contributed by atoms with E-state index in [-0.39, 0.29) is 0 Å². The van der Waals surface area contributed by atoms with Crippen LogP contribution in [0.5, 0.6) is 0 Å². The lowest BCUT2D eigenvalue weighted by Gasteiger charge is -2.17. The van der Waals surface area contributed by atoms with Gasteiger partial charge in [0.15, 0.2) is 0 Å². The van der Waals surface area contributed by atoms with Crippen molar-refractivity contribution >= 4 is 26.6 Å². The van der Waals surface area contributed by atoms with Gasteiger partial charge in [-0.2, -0.15) is 0 Å². The van der Waals surface area contributed by atoms with Crippen molar-refractivity contribution in [2.75, 3.05) is 4.72 Å². The maximum Gasteiger partial charge on any atom is 0.262 e. The van der Waals surface area contributed by atoms with Crippen molar-refractivity contribution in [1.82, 2.24) is 4.98 Å². The van der Waals surface area contributed by atoms with Gasteiger partial charge in [-0.25, -0.2) is 8.42 Å². The molecule has 4 nitrogen and oxygen atoms in total. The predicted octanol–water partition coefficient (Wildman–Crippen LogP) is 4.07. The summed E-state index contributed by atoms with van der Waals surface area (Å²) in [6.45, 7) is 7.54. The number of aryl methyl sites for hydroxylation is 2. The van der Waals surface area contributed by atoms with Crippen LogP contribution < -0.4 is 4.72 Å². The number of hydrogen-bond acceptors (Lipinski definition) is 3. The predicted molar refractivity (Wildman–Crippen MR) is 96.8 cm³/mol. The quantitative estimate of drug-likeness (QED) is 0.782. The number of aromatic nitrogens is 1. The molecule has 24 heavy (non-hydrogen) atoms. The maximum atomic E-state index is 13.0. The van der Waals surface area contributed by atoms with Crippen molar-refractivity contribution in [2.24, 2.45) is 0 Å². The second-order valence-corrected chi connectivity index (χ2v) is 7.61. The van der Waals surface area contributed by atoms with Crippen molar-refractivity contribution in [3.63, 3.8) is 0 Å². The van der Waals surface area contributed by atoms with Crippen LogP contribution >= 0.6 is 0 Å². The van der Waals surface area contributed by atoms with E-state index >= 15 is 0 Å². The van der Waals surface area contributed by atoms with E-state index in [1.807, 2.05) is 39.8 Å². The van der Waals surface area contributed by atoms with Gasteiger partial charge in [0.2, 0.25) is 0 Å². The first-order valence-electron chi connectivity index (χ1n) is 7.67. The fourth-order valence-electron chi connectivity index (χ4n) is 2.90. The molecule has 0 aliphatic carbocycles. The first-order valence-corrected chi connectivity index (χ1v) is 9.15. The Morgan fingerprint density at radius 3 is 2.38 bits per heavy atom. The van der Waals surface area contributed by atoms with E-state index in [2.05, 4.69) is 15.8 Å². The second-order valence-electron chi connectivity index (χ2n) is 5.99. The molecule has 5 heteroatoms. The minimum Gasteiger partial charge on any atom is -0.279 e. The molecule has 0 bridgehead atoms. The van der Waals surface area contributed by atoms with E-state index in [1.165, 1.54) is 0 Å². The molecule has 0 saturated carbocycles. The van der Waals surface area contributed by atoms with E-state index in [1.54, 1.807) is 24.4 Å². The lowest BCUT2D eigenvalue weighted by atomic mass is 10.0. The molecule has 3 aromatic rings. The smallest absolute Gasteiger partial charge is 0.262 e. The van der Waals surface area contributed by atoms with Gasteiger partial charge in [-0.05, 0) is 74.2 Å². The molecule has 1 aromatic heterocycles. The molecular formula is C19H19N2O2S. The van der Waals surface area contributed by atoms with Crippen molar-refractivity contribution in [3.8, 4) is 0 Å². The SMILES string of the molecule is Cc1cc(C)c(C)c(S(=O)(=O)Nc2cc[c]c3ncccc23)c1C. The van der Waals surface area contributed by atoms with Gasteiger partial charge in [0, 0.05) is 17.6 Å². The van der Waals surface area contributed by atoms with E-state index < -0.39 is 10.0 Å². The largest absolute Gasteiger partial charge is 0.279 e.